The second kappa shape index (κ2) is 11.1. The van der Waals surface area contributed by atoms with Gasteiger partial charge in [-0.1, -0.05) is 97.6 Å². The summed E-state index contributed by atoms with van der Waals surface area (Å²) in [6.07, 6.45) is 5.08. The topological polar surface area (TPSA) is 55.1 Å². The first-order chi connectivity index (χ1) is 16.7. The van der Waals surface area contributed by atoms with Gasteiger partial charge in [-0.15, -0.1) is 0 Å². The van der Waals surface area contributed by atoms with Gasteiger partial charge in [0.2, 0.25) is 0 Å². The van der Waals surface area contributed by atoms with Crippen molar-refractivity contribution >= 4 is 12.4 Å². The number of rotatable bonds is 10. The molecule has 0 saturated heterocycles. The fourth-order valence-corrected chi connectivity index (χ4v) is 4.21. The van der Waals surface area contributed by atoms with Crippen LogP contribution in [0, 0.1) is 0 Å². The molecule has 0 amide bonds. The lowest BCUT2D eigenvalue weighted by molar-refractivity contribution is -0.105. The van der Waals surface area contributed by atoms with Crippen molar-refractivity contribution in [2.45, 2.75) is 25.3 Å². The molecule has 0 unspecified atom stereocenters. The summed E-state index contributed by atoms with van der Waals surface area (Å²) >= 11 is 0. The maximum atomic E-state index is 10.9. The SMILES string of the molecule is C=C(C=O)C/C(O)=C/c1ncc(-c2ccccc2)n1CCC(c1ccccc1)c1ccccc1. The molecule has 0 atom stereocenters. The zero-order chi connectivity index (χ0) is 23.8. The number of allylic oxidation sites excluding steroid dienone is 1. The number of imidazole rings is 1. The van der Waals surface area contributed by atoms with Crippen LogP contribution in [-0.2, 0) is 11.3 Å². The molecule has 0 aliphatic heterocycles. The molecule has 170 valence electrons. The van der Waals surface area contributed by atoms with E-state index in [-0.39, 0.29) is 18.1 Å². The van der Waals surface area contributed by atoms with Crippen LogP contribution in [0.15, 0.2) is 115 Å². The first-order valence-electron chi connectivity index (χ1n) is 11.4. The Morgan fingerprint density at radius 1 is 0.912 bits per heavy atom. The predicted octanol–water partition coefficient (Wildman–Crippen LogP) is 6.82. The minimum absolute atomic E-state index is 0.0613. The van der Waals surface area contributed by atoms with Crippen LogP contribution in [0.5, 0.6) is 0 Å². The van der Waals surface area contributed by atoms with Crippen LogP contribution in [0.2, 0.25) is 0 Å². The minimum atomic E-state index is 0.0613. The maximum Gasteiger partial charge on any atom is 0.145 e. The van der Waals surface area contributed by atoms with Crippen LogP contribution in [0.4, 0.5) is 0 Å². The van der Waals surface area contributed by atoms with Gasteiger partial charge < -0.3 is 9.67 Å². The van der Waals surface area contributed by atoms with E-state index in [4.69, 9.17) is 0 Å². The highest BCUT2D eigenvalue weighted by Crippen LogP contribution is 2.30. The molecule has 0 saturated carbocycles. The van der Waals surface area contributed by atoms with Crippen molar-refractivity contribution in [3.8, 4) is 11.3 Å². The normalized spacial score (nSPS) is 11.5. The molecular formula is C30H28N2O2. The second-order valence-corrected chi connectivity index (χ2v) is 8.27. The van der Waals surface area contributed by atoms with Crippen LogP contribution in [-0.4, -0.2) is 20.9 Å². The third-order valence-electron chi connectivity index (χ3n) is 5.87. The maximum absolute atomic E-state index is 10.9. The molecular weight excluding hydrogens is 420 g/mol. The first kappa shape index (κ1) is 23.0. The highest BCUT2D eigenvalue weighted by molar-refractivity contribution is 5.73. The Bertz CT molecular complexity index is 1220. The molecule has 1 N–H and O–H groups in total. The average Bonchev–Trinajstić information content (AvgIpc) is 3.28. The molecule has 0 fully saturated rings. The van der Waals surface area contributed by atoms with Gasteiger partial charge in [-0.2, -0.15) is 0 Å². The van der Waals surface area contributed by atoms with Crippen molar-refractivity contribution in [2.75, 3.05) is 0 Å². The second-order valence-electron chi connectivity index (χ2n) is 8.27. The summed E-state index contributed by atoms with van der Waals surface area (Å²) in [5.74, 6) is 0.926. The smallest absolute Gasteiger partial charge is 0.145 e. The largest absolute Gasteiger partial charge is 0.512 e. The van der Waals surface area contributed by atoms with E-state index < -0.39 is 0 Å². The fraction of sp³-hybridized carbons (Fsp3) is 0.133. The summed E-state index contributed by atoms with van der Waals surface area (Å²) in [5, 5.41) is 10.4. The Balaban J connectivity index is 1.70. The van der Waals surface area contributed by atoms with Gasteiger partial charge in [0.25, 0.3) is 0 Å². The van der Waals surface area contributed by atoms with E-state index in [1.165, 1.54) is 11.1 Å². The zero-order valence-electron chi connectivity index (χ0n) is 19.0. The third kappa shape index (κ3) is 5.59. The van der Waals surface area contributed by atoms with Crippen molar-refractivity contribution in [3.63, 3.8) is 0 Å². The molecule has 3 aromatic carbocycles. The molecule has 0 radical (unpaired) electrons. The van der Waals surface area contributed by atoms with Gasteiger partial charge in [0, 0.05) is 25.0 Å². The van der Waals surface area contributed by atoms with Crippen LogP contribution < -0.4 is 0 Å². The number of aldehydes is 1. The number of carbonyl (C=O) groups excluding carboxylic acids is 1. The quantitative estimate of drug-likeness (QED) is 0.165. The molecule has 4 aromatic rings. The highest BCUT2D eigenvalue weighted by atomic mass is 16.3. The van der Waals surface area contributed by atoms with E-state index in [1.807, 2.05) is 36.5 Å². The zero-order valence-corrected chi connectivity index (χ0v) is 19.0. The lowest BCUT2D eigenvalue weighted by Crippen LogP contribution is -2.09. The van der Waals surface area contributed by atoms with E-state index in [1.54, 1.807) is 6.08 Å². The molecule has 0 aliphatic carbocycles. The van der Waals surface area contributed by atoms with E-state index in [9.17, 15) is 9.90 Å². The summed E-state index contributed by atoms with van der Waals surface area (Å²) < 4.78 is 2.13. The number of carbonyl (C=O) groups is 1. The molecule has 4 rings (SSSR count). The highest BCUT2D eigenvalue weighted by Gasteiger charge is 2.17. The van der Waals surface area contributed by atoms with Gasteiger partial charge >= 0.3 is 0 Å². The Morgan fingerprint density at radius 3 is 2.03 bits per heavy atom. The van der Waals surface area contributed by atoms with Crippen molar-refractivity contribution in [1.82, 2.24) is 9.55 Å². The lowest BCUT2D eigenvalue weighted by atomic mass is 9.88. The number of nitrogens with zero attached hydrogens (tertiary/aromatic N) is 2. The summed E-state index contributed by atoms with van der Waals surface area (Å²) in [7, 11) is 0. The molecule has 4 heteroatoms. The predicted molar refractivity (Wildman–Crippen MR) is 137 cm³/mol. The van der Waals surface area contributed by atoms with Crippen molar-refractivity contribution in [3.05, 3.63) is 132 Å². The molecule has 0 spiro atoms. The van der Waals surface area contributed by atoms with E-state index in [0.29, 0.717) is 24.2 Å². The number of aliphatic hydroxyl groups excluding tert-OH is 1. The third-order valence-corrected chi connectivity index (χ3v) is 5.87. The monoisotopic (exact) mass is 448 g/mol. The Labute approximate surface area is 200 Å². The molecule has 0 aliphatic rings. The standard InChI is InChI=1S/C30H28N2O2/c1-23(22-33)19-27(34)20-30-31-21-29(26-15-9-4-10-16-26)32(30)18-17-28(24-11-5-2-6-12-24)25-13-7-3-8-14-25/h2-16,20-22,28,34H,1,17-19H2/b27-20-. The van der Waals surface area contributed by atoms with E-state index >= 15 is 0 Å². The van der Waals surface area contributed by atoms with Gasteiger partial charge in [0.05, 0.1) is 11.9 Å². The van der Waals surface area contributed by atoms with Crippen LogP contribution in [0.1, 0.15) is 35.7 Å². The molecule has 1 heterocycles. The average molecular weight is 449 g/mol. The van der Waals surface area contributed by atoms with Crippen molar-refractivity contribution in [1.29, 1.82) is 0 Å². The van der Waals surface area contributed by atoms with Gasteiger partial charge in [0.1, 0.15) is 17.9 Å². The minimum Gasteiger partial charge on any atom is -0.512 e. The Hall–Kier alpha value is -4.18. The van der Waals surface area contributed by atoms with Gasteiger partial charge in [-0.25, -0.2) is 4.98 Å². The van der Waals surface area contributed by atoms with Crippen LogP contribution in [0.25, 0.3) is 17.3 Å². The van der Waals surface area contributed by atoms with Crippen LogP contribution >= 0.6 is 0 Å². The molecule has 4 nitrogen and oxygen atoms in total. The fourth-order valence-electron chi connectivity index (χ4n) is 4.21. The van der Waals surface area contributed by atoms with Crippen LogP contribution in [0.3, 0.4) is 0 Å². The van der Waals surface area contributed by atoms with E-state index in [2.05, 4.69) is 76.8 Å². The molecule has 0 bridgehead atoms. The van der Waals surface area contributed by atoms with E-state index in [0.717, 1.165) is 17.7 Å². The first-order valence-corrected chi connectivity index (χ1v) is 11.4. The Morgan fingerprint density at radius 2 is 1.47 bits per heavy atom. The number of aliphatic hydroxyl groups is 1. The summed E-state index contributed by atoms with van der Waals surface area (Å²) in [6.45, 7) is 4.36. The molecule has 1 aromatic heterocycles. The molecule has 34 heavy (non-hydrogen) atoms. The summed E-state index contributed by atoms with van der Waals surface area (Å²) in [4.78, 5) is 15.5. The number of hydrogen-bond acceptors (Lipinski definition) is 3. The van der Waals surface area contributed by atoms with Crippen molar-refractivity contribution in [2.24, 2.45) is 0 Å². The van der Waals surface area contributed by atoms with Crippen molar-refractivity contribution < 1.29 is 9.90 Å². The number of benzene rings is 3. The summed E-state index contributed by atoms with van der Waals surface area (Å²) in [6, 6.07) is 31.1. The summed E-state index contributed by atoms with van der Waals surface area (Å²) in [5.41, 5.74) is 4.88. The number of aromatic nitrogens is 2. The van der Waals surface area contributed by atoms with Gasteiger partial charge in [-0.05, 0) is 28.7 Å². The lowest BCUT2D eigenvalue weighted by Gasteiger charge is -2.20. The Kier molecular flexibility index (Phi) is 7.51. The van der Waals surface area contributed by atoms with Gasteiger partial charge in [-0.3, -0.25) is 4.79 Å². The van der Waals surface area contributed by atoms with Gasteiger partial charge in [0.15, 0.2) is 0 Å². The number of hydrogen-bond donors (Lipinski definition) is 1.